The van der Waals surface area contributed by atoms with Gasteiger partial charge in [-0.3, -0.25) is 9.59 Å². The lowest BCUT2D eigenvalue weighted by Gasteiger charge is -2.10. The SMILES string of the molecule is CCc1cccc(NC(=O)c2ccccc2SCC(N)=O)c1. The molecule has 2 aromatic rings. The van der Waals surface area contributed by atoms with Crippen LogP contribution in [0.2, 0.25) is 0 Å². The Morgan fingerprint density at radius 3 is 2.64 bits per heavy atom. The fourth-order valence-electron chi connectivity index (χ4n) is 2.00. The Hall–Kier alpha value is -2.27. The molecule has 0 atom stereocenters. The van der Waals surface area contributed by atoms with Crippen LogP contribution in [-0.2, 0) is 11.2 Å². The number of thioether (sulfide) groups is 1. The summed E-state index contributed by atoms with van der Waals surface area (Å²) < 4.78 is 0. The maximum Gasteiger partial charge on any atom is 0.256 e. The molecule has 0 saturated heterocycles. The first-order valence-electron chi connectivity index (χ1n) is 7.00. The van der Waals surface area contributed by atoms with E-state index in [-0.39, 0.29) is 11.7 Å². The number of nitrogens with one attached hydrogen (secondary N) is 1. The van der Waals surface area contributed by atoms with Crippen molar-refractivity contribution in [2.24, 2.45) is 5.73 Å². The van der Waals surface area contributed by atoms with Crippen LogP contribution in [0.15, 0.2) is 53.4 Å². The van der Waals surface area contributed by atoms with Gasteiger partial charge in [-0.25, -0.2) is 0 Å². The molecular formula is C17H18N2O2S. The van der Waals surface area contributed by atoms with Gasteiger partial charge in [-0.15, -0.1) is 11.8 Å². The third kappa shape index (κ3) is 4.36. The molecule has 4 nitrogen and oxygen atoms in total. The van der Waals surface area contributed by atoms with Crippen molar-refractivity contribution in [3.05, 3.63) is 59.7 Å². The summed E-state index contributed by atoms with van der Waals surface area (Å²) in [5, 5.41) is 2.89. The third-order valence-electron chi connectivity index (χ3n) is 3.09. The lowest BCUT2D eigenvalue weighted by atomic mass is 10.1. The highest BCUT2D eigenvalue weighted by molar-refractivity contribution is 8.00. The molecule has 0 unspecified atom stereocenters. The molecular weight excluding hydrogens is 296 g/mol. The standard InChI is InChI=1S/C17H18N2O2S/c1-2-12-6-5-7-13(10-12)19-17(21)14-8-3-4-9-15(14)22-11-16(18)20/h3-10H,2,11H2,1H3,(H2,18,20)(H,19,21). The zero-order valence-corrected chi connectivity index (χ0v) is 13.2. The van der Waals surface area contributed by atoms with Crippen LogP contribution in [0.5, 0.6) is 0 Å². The maximum absolute atomic E-state index is 12.4. The summed E-state index contributed by atoms with van der Waals surface area (Å²) in [4.78, 5) is 24.1. The number of anilines is 1. The molecule has 0 fully saturated rings. The van der Waals surface area contributed by atoms with Gasteiger partial charge in [0, 0.05) is 10.6 Å². The number of carbonyl (C=O) groups excluding carboxylic acids is 2. The highest BCUT2D eigenvalue weighted by Gasteiger charge is 2.12. The Kier molecular flexibility index (Phi) is 5.61. The number of primary amides is 1. The van der Waals surface area contributed by atoms with E-state index >= 15 is 0 Å². The molecule has 5 heteroatoms. The third-order valence-corrected chi connectivity index (χ3v) is 4.19. The minimum absolute atomic E-state index is 0.148. The first kappa shape index (κ1) is 16.1. The van der Waals surface area contributed by atoms with E-state index in [0.717, 1.165) is 22.6 Å². The van der Waals surface area contributed by atoms with Crippen molar-refractivity contribution in [3.63, 3.8) is 0 Å². The van der Waals surface area contributed by atoms with Gasteiger partial charge in [0.2, 0.25) is 5.91 Å². The summed E-state index contributed by atoms with van der Waals surface area (Å²) in [6, 6.07) is 14.9. The highest BCUT2D eigenvalue weighted by Crippen LogP contribution is 2.23. The zero-order chi connectivity index (χ0) is 15.9. The van der Waals surface area contributed by atoms with E-state index in [2.05, 4.69) is 12.2 Å². The predicted molar refractivity (Wildman–Crippen MR) is 90.1 cm³/mol. The molecule has 114 valence electrons. The molecule has 3 N–H and O–H groups in total. The molecule has 2 amide bonds. The Morgan fingerprint density at radius 2 is 1.91 bits per heavy atom. The minimum Gasteiger partial charge on any atom is -0.369 e. The van der Waals surface area contributed by atoms with Crippen LogP contribution >= 0.6 is 11.8 Å². The number of hydrogen-bond acceptors (Lipinski definition) is 3. The van der Waals surface area contributed by atoms with Gasteiger partial charge in [-0.1, -0.05) is 31.2 Å². The summed E-state index contributed by atoms with van der Waals surface area (Å²) >= 11 is 1.27. The van der Waals surface area contributed by atoms with Gasteiger partial charge in [0.15, 0.2) is 0 Å². The lowest BCUT2D eigenvalue weighted by Crippen LogP contribution is -2.15. The summed E-state index contributed by atoms with van der Waals surface area (Å²) in [6.45, 7) is 2.07. The molecule has 0 saturated carbocycles. The van der Waals surface area contributed by atoms with Crippen LogP contribution in [0.25, 0.3) is 0 Å². The molecule has 0 aliphatic heterocycles. The van der Waals surface area contributed by atoms with Crippen LogP contribution in [-0.4, -0.2) is 17.6 Å². The molecule has 0 spiro atoms. The van der Waals surface area contributed by atoms with E-state index in [0.29, 0.717) is 5.56 Å². The smallest absolute Gasteiger partial charge is 0.256 e. The number of hydrogen-bond donors (Lipinski definition) is 2. The Morgan fingerprint density at radius 1 is 1.14 bits per heavy atom. The van der Waals surface area contributed by atoms with Gasteiger partial charge in [-0.2, -0.15) is 0 Å². The van der Waals surface area contributed by atoms with Gasteiger partial charge < -0.3 is 11.1 Å². The number of carbonyl (C=O) groups is 2. The molecule has 0 aliphatic rings. The molecule has 2 rings (SSSR count). The Balaban J connectivity index is 2.16. The van der Waals surface area contributed by atoms with Gasteiger partial charge >= 0.3 is 0 Å². The molecule has 0 aromatic heterocycles. The molecule has 0 bridgehead atoms. The van der Waals surface area contributed by atoms with Crippen molar-refractivity contribution in [1.29, 1.82) is 0 Å². The average Bonchev–Trinajstić information content (AvgIpc) is 2.53. The van der Waals surface area contributed by atoms with Crippen LogP contribution in [0, 0.1) is 0 Å². The molecule has 22 heavy (non-hydrogen) atoms. The normalized spacial score (nSPS) is 10.2. The van der Waals surface area contributed by atoms with Gasteiger partial charge in [0.1, 0.15) is 0 Å². The maximum atomic E-state index is 12.4. The van der Waals surface area contributed by atoms with Crippen molar-refractivity contribution >= 4 is 29.3 Å². The van der Waals surface area contributed by atoms with E-state index in [9.17, 15) is 9.59 Å². The van der Waals surface area contributed by atoms with E-state index in [4.69, 9.17) is 5.73 Å². The van der Waals surface area contributed by atoms with E-state index in [1.807, 2.05) is 36.4 Å². The lowest BCUT2D eigenvalue weighted by molar-refractivity contribution is -0.115. The second-order valence-electron chi connectivity index (χ2n) is 4.76. The van der Waals surface area contributed by atoms with Gasteiger partial charge in [0.05, 0.1) is 11.3 Å². The minimum atomic E-state index is -0.407. The summed E-state index contributed by atoms with van der Waals surface area (Å²) in [5.74, 6) is -0.452. The Bertz CT molecular complexity index is 686. The predicted octanol–water partition coefficient (Wildman–Crippen LogP) is 3.08. The van der Waals surface area contributed by atoms with Crippen LogP contribution in [0.1, 0.15) is 22.8 Å². The second-order valence-corrected chi connectivity index (χ2v) is 5.78. The first-order valence-corrected chi connectivity index (χ1v) is 7.99. The topological polar surface area (TPSA) is 72.2 Å². The largest absolute Gasteiger partial charge is 0.369 e. The second kappa shape index (κ2) is 7.66. The number of aryl methyl sites for hydroxylation is 1. The fraction of sp³-hybridized carbons (Fsp3) is 0.176. The molecule has 0 aliphatic carbocycles. The van der Waals surface area contributed by atoms with E-state index < -0.39 is 5.91 Å². The van der Waals surface area contributed by atoms with Crippen LogP contribution in [0.4, 0.5) is 5.69 Å². The van der Waals surface area contributed by atoms with Crippen molar-refractivity contribution in [2.75, 3.05) is 11.1 Å². The van der Waals surface area contributed by atoms with E-state index in [1.165, 1.54) is 11.8 Å². The number of rotatable bonds is 6. The van der Waals surface area contributed by atoms with Crippen molar-refractivity contribution in [1.82, 2.24) is 0 Å². The van der Waals surface area contributed by atoms with Gasteiger partial charge in [-0.05, 0) is 36.2 Å². The van der Waals surface area contributed by atoms with Crippen molar-refractivity contribution in [3.8, 4) is 0 Å². The van der Waals surface area contributed by atoms with Gasteiger partial charge in [0.25, 0.3) is 5.91 Å². The van der Waals surface area contributed by atoms with Crippen LogP contribution < -0.4 is 11.1 Å². The average molecular weight is 314 g/mol. The van der Waals surface area contributed by atoms with Crippen LogP contribution in [0.3, 0.4) is 0 Å². The van der Waals surface area contributed by atoms with Crippen molar-refractivity contribution < 1.29 is 9.59 Å². The monoisotopic (exact) mass is 314 g/mol. The summed E-state index contributed by atoms with van der Waals surface area (Å²) in [6.07, 6.45) is 0.911. The molecule has 0 heterocycles. The Labute approximate surface area is 134 Å². The zero-order valence-electron chi connectivity index (χ0n) is 12.3. The quantitative estimate of drug-likeness (QED) is 0.805. The highest BCUT2D eigenvalue weighted by atomic mass is 32.2. The first-order chi connectivity index (χ1) is 10.6. The number of nitrogens with two attached hydrogens (primary N) is 1. The van der Waals surface area contributed by atoms with E-state index in [1.54, 1.807) is 12.1 Å². The molecule has 0 radical (unpaired) electrons. The number of amides is 2. The summed E-state index contributed by atoms with van der Waals surface area (Å²) in [5.41, 5.74) is 7.62. The van der Waals surface area contributed by atoms with Crippen molar-refractivity contribution in [2.45, 2.75) is 18.2 Å². The molecule has 2 aromatic carbocycles. The fourth-order valence-corrected chi connectivity index (χ4v) is 2.79. The summed E-state index contributed by atoms with van der Waals surface area (Å²) in [7, 11) is 0. The number of benzene rings is 2.